The lowest BCUT2D eigenvalue weighted by molar-refractivity contribution is -0.236. The van der Waals surface area contributed by atoms with Crippen LogP contribution < -0.4 is 0 Å². The fourth-order valence-corrected chi connectivity index (χ4v) is 12.8. The van der Waals surface area contributed by atoms with Gasteiger partial charge < -0.3 is 4.74 Å². The maximum absolute atomic E-state index is 14.1. The van der Waals surface area contributed by atoms with E-state index in [0.717, 1.165) is 41.7 Å². The molecule has 6 fully saturated rings. The lowest BCUT2D eigenvalue weighted by Gasteiger charge is -2.73. The molecule has 1 saturated heterocycles. The Labute approximate surface area is 243 Å². The van der Waals surface area contributed by atoms with Crippen molar-refractivity contribution in [1.82, 2.24) is 9.78 Å². The van der Waals surface area contributed by atoms with Crippen LogP contribution >= 0.6 is 0 Å². The minimum atomic E-state index is -0.328. The molecule has 4 nitrogen and oxygen atoms in total. The summed E-state index contributed by atoms with van der Waals surface area (Å²) in [7, 11) is 1.99. The molecule has 1 aromatic heterocycles. The van der Waals surface area contributed by atoms with Crippen LogP contribution in [-0.4, -0.2) is 28.3 Å². The van der Waals surface area contributed by atoms with Crippen molar-refractivity contribution in [2.45, 2.75) is 119 Å². The number of ether oxygens (including phenoxy) is 1. The number of aromatic nitrogens is 2. The van der Waals surface area contributed by atoms with E-state index in [9.17, 15) is 4.79 Å². The number of hydrogen-bond acceptors (Lipinski definition) is 3. The molecule has 5 aliphatic carbocycles. The molecule has 1 aliphatic heterocycles. The summed E-state index contributed by atoms with van der Waals surface area (Å²) in [5, 5.41) is 4.48. The van der Waals surface area contributed by atoms with E-state index in [-0.39, 0.29) is 10.8 Å². The molecular formula is C36H54N2O2. The van der Waals surface area contributed by atoms with Gasteiger partial charge in [0.15, 0.2) is 5.78 Å². The van der Waals surface area contributed by atoms with E-state index in [4.69, 9.17) is 4.74 Å². The predicted molar refractivity (Wildman–Crippen MR) is 160 cm³/mol. The van der Waals surface area contributed by atoms with Crippen LogP contribution in [0.1, 0.15) is 118 Å². The van der Waals surface area contributed by atoms with E-state index < -0.39 is 0 Å². The Kier molecular flexibility index (Phi) is 5.58. The Morgan fingerprint density at radius 2 is 1.65 bits per heavy atom. The minimum absolute atomic E-state index is 0.136. The fourth-order valence-electron chi connectivity index (χ4n) is 12.8. The summed E-state index contributed by atoms with van der Waals surface area (Å²) < 4.78 is 8.69. The van der Waals surface area contributed by atoms with Crippen molar-refractivity contribution in [3.63, 3.8) is 0 Å². The molecule has 220 valence electrons. The van der Waals surface area contributed by atoms with E-state index in [1.54, 1.807) is 0 Å². The number of fused-ring (bicyclic) bond motifs is 5. The number of aryl methyl sites for hydroxylation is 1. The first kappa shape index (κ1) is 27.4. The molecule has 7 rings (SSSR count). The van der Waals surface area contributed by atoms with Crippen molar-refractivity contribution in [1.29, 1.82) is 0 Å². The van der Waals surface area contributed by atoms with Crippen LogP contribution in [0.3, 0.4) is 0 Å². The number of nitrogens with zero attached hydrogens (tertiary/aromatic N) is 2. The van der Waals surface area contributed by atoms with Gasteiger partial charge in [0.2, 0.25) is 0 Å². The van der Waals surface area contributed by atoms with Gasteiger partial charge in [-0.2, -0.15) is 5.10 Å². The number of allylic oxidation sites excluding steroid dienone is 1. The second kappa shape index (κ2) is 8.14. The molecule has 0 amide bonds. The molecule has 0 radical (unpaired) electrons. The molecule has 2 heterocycles. The highest BCUT2D eigenvalue weighted by Crippen LogP contribution is 2.78. The van der Waals surface area contributed by atoms with Crippen LogP contribution in [0.25, 0.3) is 6.08 Å². The van der Waals surface area contributed by atoms with Crippen molar-refractivity contribution < 1.29 is 9.53 Å². The Morgan fingerprint density at radius 3 is 2.35 bits per heavy atom. The molecular weight excluding hydrogens is 492 g/mol. The minimum Gasteiger partial charge on any atom is -0.377 e. The zero-order chi connectivity index (χ0) is 28.7. The number of rotatable bonds is 1. The molecule has 5 saturated carbocycles. The molecule has 9 atom stereocenters. The Bertz CT molecular complexity index is 1290. The van der Waals surface area contributed by atoms with Crippen molar-refractivity contribution in [3.05, 3.63) is 23.0 Å². The molecule has 0 N–H and O–H groups in total. The summed E-state index contributed by atoms with van der Waals surface area (Å²) in [4.78, 5) is 14.1. The number of carbonyl (C=O) groups excluding carboxylic acids is 1. The monoisotopic (exact) mass is 546 g/mol. The Hall–Kier alpha value is -1.42. The average molecular weight is 547 g/mol. The predicted octanol–water partition coefficient (Wildman–Crippen LogP) is 8.18. The van der Waals surface area contributed by atoms with Crippen LogP contribution in [0.4, 0.5) is 0 Å². The van der Waals surface area contributed by atoms with Crippen LogP contribution in [-0.2, 0) is 16.6 Å². The number of Topliss-reactive ketones (excluding diaryl/α,β-unsaturated/α-hetero) is 1. The summed E-state index contributed by atoms with van der Waals surface area (Å²) in [5.41, 5.74) is 4.46. The van der Waals surface area contributed by atoms with Gasteiger partial charge in [-0.05, 0) is 127 Å². The van der Waals surface area contributed by atoms with Gasteiger partial charge in [0.1, 0.15) is 0 Å². The van der Waals surface area contributed by atoms with Crippen LogP contribution in [0.5, 0.6) is 0 Å². The Morgan fingerprint density at radius 1 is 0.925 bits per heavy atom. The van der Waals surface area contributed by atoms with Gasteiger partial charge in [-0.1, -0.05) is 48.5 Å². The summed E-state index contributed by atoms with van der Waals surface area (Å²) in [6, 6.07) is 0. The maximum Gasteiger partial charge on any atom is 0.164 e. The maximum atomic E-state index is 14.1. The van der Waals surface area contributed by atoms with Crippen molar-refractivity contribution in [2.24, 2.45) is 63.2 Å². The Balaban J connectivity index is 1.28. The molecule has 1 aromatic rings. The van der Waals surface area contributed by atoms with Gasteiger partial charge in [0, 0.05) is 23.7 Å². The van der Waals surface area contributed by atoms with Crippen LogP contribution in [0.15, 0.2) is 11.8 Å². The number of ketones is 1. The second-order valence-electron chi connectivity index (χ2n) is 17.5. The second-order valence-corrected chi connectivity index (χ2v) is 17.5. The topological polar surface area (TPSA) is 44.1 Å². The third-order valence-electron chi connectivity index (χ3n) is 15.3. The number of hydrogen-bond donors (Lipinski definition) is 0. The highest BCUT2D eigenvalue weighted by molar-refractivity contribution is 6.04. The summed E-state index contributed by atoms with van der Waals surface area (Å²) in [6.07, 6.45) is 16.0. The van der Waals surface area contributed by atoms with Crippen LogP contribution in [0, 0.1) is 63.1 Å². The van der Waals surface area contributed by atoms with E-state index in [2.05, 4.69) is 66.6 Å². The van der Waals surface area contributed by atoms with Crippen molar-refractivity contribution in [3.8, 4) is 0 Å². The van der Waals surface area contributed by atoms with Crippen molar-refractivity contribution >= 4 is 11.9 Å². The molecule has 4 heteroatoms. The lowest BCUT2D eigenvalue weighted by atomic mass is 9.31. The van der Waals surface area contributed by atoms with E-state index in [0.29, 0.717) is 45.4 Å². The zero-order valence-corrected chi connectivity index (χ0v) is 26.8. The first-order valence-electron chi connectivity index (χ1n) is 16.5. The smallest absolute Gasteiger partial charge is 0.164 e. The standard InChI is InChI=1S/C36H54N2O2/c1-22-24(20-37-38(22)9)18-23-19-33(6)26(32(4,5)29(23)39)12-13-35(8)27(33)11-10-25-28-30-31(2,3)14-16-36(28,21-40-30)17-15-34(25,35)7/h18,20,25-28,30H,10-17,19,21H2,1-9H3. The fraction of sp³-hybridized carbons (Fsp3) is 0.833. The van der Waals surface area contributed by atoms with Gasteiger partial charge in [0.25, 0.3) is 0 Å². The van der Waals surface area contributed by atoms with Gasteiger partial charge in [-0.25, -0.2) is 0 Å². The molecule has 9 unspecified atom stereocenters. The highest BCUT2D eigenvalue weighted by Gasteiger charge is 2.73. The third-order valence-corrected chi connectivity index (χ3v) is 15.3. The molecule has 6 aliphatic rings. The molecule has 0 aromatic carbocycles. The van der Waals surface area contributed by atoms with E-state index >= 15 is 0 Å². The number of carbonyl (C=O) groups is 1. The molecule has 0 spiro atoms. The SMILES string of the molecule is Cc1c(C=C2CC3(C)C(CCC4(C)C3CCC3C5C6OCC5(CCC6(C)C)CCC34C)C(C)(C)C2=O)cnn1C. The lowest BCUT2D eigenvalue weighted by Crippen LogP contribution is -2.67. The van der Waals surface area contributed by atoms with Gasteiger partial charge in [0.05, 0.1) is 18.9 Å². The average Bonchev–Trinajstić information content (AvgIpc) is 3.39. The first-order chi connectivity index (χ1) is 18.6. The summed E-state index contributed by atoms with van der Waals surface area (Å²) >= 11 is 0. The largest absolute Gasteiger partial charge is 0.377 e. The molecule has 40 heavy (non-hydrogen) atoms. The third kappa shape index (κ3) is 3.18. The van der Waals surface area contributed by atoms with Gasteiger partial charge in [-0.3, -0.25) is 9.48 Å². The van der Waals surface area contributed by atoms with E-state index in [1.165, 1.54) is 51.4 Å². The summed E-state index contributed by atoms with van der Waals surface area (Å²) in [6.45, 7) is 20.6. The summed E-state index contributed by atoms with van der Waals surface area (Å²) in [5.74, 6) is 2.96. The van der Waals surface area contributed by atoms with Crippen LogP contribution in [0.2, 0.25) is 0 Å². The normalized spacial score (nSPS) is 49.7. The molecule has 2 bridgehead atoms. The highest BCUT2D eigenvalue weighted by atomic mass is 16.5. The quantitative estimate of drug-likeness (QED) is 0.334. The van der Waals surface area contributed by atoms with Gasteiger partial charge in [-0.15, -0.1) is 0 Å². The first-order valence-corrected chi connectivity index (χ1v) is 16.5. The zero-order valence-electron chi connectivity index (χ0n) is 26.8. The van der Waals surface area contributed by atoms with Crippen molar-refractivity contribution in [2.75, 3.05) is 6.61 Å². The van der Waals surface area contributed by atoms with E-state index in [1.807, 2.05) is 17.9 Å². The van der Waals surface area contributed by atoms with Gasteiger partial charge >= 0.3 is 0 Å².